The lowest BCUT2D eigenvalue weighted by Gasteiger charge is -2.41. The number of benzene rings is 3. The number of hydrogen-bond acceptors (Lipinski definition) is 3. The predicted octanol–water partition coefficient (Wildman–Crippen LogP) is 5.80. The molecule has 0 spiro atoms. The maximum atomic E-state index is 13.8. The van der Waals surface area contributed by atoms with Crippen molar-refractivity contribution < 1.29 is 9.59 Å². The van der Waals surface area contributed by atoms with Crippen LogP contribution in [0.15, 0.2) is 109 Å². The highest BCUT2D eigenvalue weighted by Crippen LogP contribution is 2.37. The quantitative estimate of drug-likeness (QED) is 0.372. The normalized spacial score (nSPS) is 15.5. The number of pyridine rings is 1. The fourth-order valence-electron chi connectivity index (χ4n) is 5.14. The van der Waals surface area contributed by atoms with Gasteiger partial charge < -0.3 is 10.2 Å². The van der Waals surface area contributed by atoms with Gasteiger partial charge in [0.25, 0.3) is 5.91 Å². The summed E-state index contributed by atoms with van der Waals surface area (Å²) in [6.07, 6.45) is 2.77. The van der Waals surface area contributed by atoms with Crippen molar-refractivity contribution in [3.63, 3.8) is 0 Å². The van der Waals surface area contributed by atoms with E-state index in [1.165, 1.54) is 0 Å². The van der Waals surface area contributed by atoms with E-state index in [9.17, 15) is 9.59 Å². The fraction of sp³-hybridized carbons (Fsp3) is 0.219. The lowest BCUT2D eigenvalue weighted by molar-refractivity contribution is -0.129. The highest BCUT2D eigenvalue weighted by molar-refractivity contribution is 5.95. The van der Waals surface area contributed by atoms with Crippen molar-refractivity contribution in [1.82, 2.24) is 15.2 Å². The summed E-state index contributed by atoms with van der Waals surface area (Å²) in [6.45, 7) is 3.01. The molecular weight excluding hydrogens is 458 g/mol. The van der Waals surface area contributed by atoms with Crippen LogP contribution in [0.25, 0.3) is 11.3 Å². The van der Waals surface area contributed by atoms with Crippen LogP contribution in [-0.2, 0) is 10.2 Å². The second-order valence-electron chi connectivity index (χ2n) is 9.64. The third-order valence-corrected chi connectivity index (χ3v) is 7.39. The van der Waals surface area contributed by atoms with Crippen molar-refractivity contribution in [2.75, 3.05) is 13.1 Å². The van der Waals surface area contributed by atoms with Crippen molar-refractivity contribution >= 4 is 11.8 Å². The number of likely N-dealkylation sites (tertiary alicyclic amines) is 1. The summed E-state index contributed by atoms with van der Waals surface area (Å²) >= 11 is 0. The van der Waals surface area contributed by atoms with Crippen molar-refractivity contribution in [2.45, 2.75) is 31.2 Å². The lowest BCUT2D eigenvalue weighted by Crippen LogP contribution is -2.53. The minimum atomic E-state index is -0.684. The maximum absolute atomic E-state index is 13.8. The summed E-state index contributed by atoms with van der Waals surface area (Å²) in [5.74, 6) is -0.0390. The van der Waals surface area contributed by atoms with Crippen LogP contribution >= 0.6 is 0 Å². The average Bonchev–Trinajstić information content (AvgIpc) is 2.98. The highest BCUT2D eigenvalue weighted by Gasteiger charge is 2.44. The summed E-state index contributed by atoms with van der Waals surface area (Å²) in [4.78, 5) is 33.5. The molecule has 1 aliphatic heterocycles. The van der Waals surface area contributed by atoms with E-state index in [2.05, 4.69) is 10.3 Å². The molecule has 2 amide bonds. The van der Waals surface area contributed by atoms with E-state index >= 15 is 0 Å². The number of amides is 2. The zero-order valence-electron chi connectivity index (χ0n) is 21.0. The Morgan fingerprint density at radius 1 is 0.811 bits per heavy atom. The van der Waals surface area contributed by atoms with Gasteiger partial charge in [-0.3, -0.25) is 14.6 Å². The maximum Gasteiger partial charge on any atom is 0.255 e. The first-order chi connectivity index (χ1) is 18.1. The van der Waals surface area contributed by atoms with Crippen LogP contribution in [0.4, 0.5) is 0 Å². The van der Waals surface area contributed by atoms with E-state index in [0.29, 0.717) is 31.5 Å². The van der Waals surface area contributed by atoms with Gasteiger partial charge in [-0.05, 0) is 43.0 Å². The predicted molar refractivity (Wildman–Crippen MR) is 146 cm³/mol. The molecule has 1 aliphatic rings. The zero-order valence-corrected chi connectivity index (χ0v) is 21.0. The average molecular weight is 490 g/mol. The Kier molecular flexibility index (Phi) is 7.13. The van der Waals surface area contributed by atoms with Gasteiger partial charge in [0.1, 0.15) is 0 Å². The Morgan fingerprint density at radius 2 is 1.41 bits per heavy atom. The molecule has 186 valence electrons. The number of carbonyl (C=O) groups excluding carboxylic acids is 2. The van der Waals surface area contributed by atoms with Gasteiger partial charge in [0, 0.05) is 24.8 Å². The van der Waals surface area contributed by atoms with Crippen molar-refractivity contribution in [2.24, 2.45) is 0 Å². The molecule has 1 aromatic heterocycles. The van der Waals surface area contributed by atoms with Crippen LogP contribution in [0.3, 0.4) is 0 Å². The van der Waals surface area contributed by atoms with E-state index in [1.807, 2.05) is 115 Å². The molecule has 0 unspecified atom stereocenters. The summed E-state index contributed by atoms with van der Waals surface area (Å²) in [5.41, 5.74) is 3.79. The number of rotatable bonds is 6. The van der Waals surface area contributed by atoms with Crippen LogP contribution in [0.1, 0.15) is 47.3 Å². The summed E-state index contributed by atoms with van der Waals surface area (Å²) < 4.78 is 0. The summed E-state index contributed by atoms with van der Waals surface area (Å²) in [7, 11) is 0. The van der Waals surface area contributed by atoms with Crippen LogP contribution < -0.4 is 5.32 Å². The smallest absolute Gasteiger partial charge is 0.255 e. The van der Waals surface area contributed by atoms with Gasteiger partial charge in [-0.1, -0.05) is 91.0 Å². The Labute approximate surface area is 218 Å². The Balaban J connectivity index is 1.32. The molecule has 37 heavy (non-hydrogen) atoms. The van der Waals surface area contributed by atoms with Gasteiger partial charge in [0.15, 0.2) is 0 Å². The molecule has 2 heterocycles. The fourth-order valence-corrected chi connectivity index (χ4v) is 5.14. The standard InChI is InChI=1S/C32H31N3O2/c1-24(25-11-5-2-6-12-25)34-31(37)32(28-15-9-4-10-16-28)19-21-35(22-20-32)30(36)27-17-18-29(33-23-27)26-13-7-3-8-14-26/h2-18,23-24H,19-22H2,1H3,(H,34,37)/t24-/m0/s1. The Hall–Kier alpha value is -4.25. The molecule has 4 aromatic rings. The molecule has 0 aliphatic carbocycles. The Morgan fingerprint density at radius 3 is 2.00 bits per heavy atom. The molecule has 0 radical (unpaired) electrons. The summed E-state index contributed by atoms with van der Waals surface area (Å²) in [5, 5.41) is 3.25. The van der Waals surface area contributed by atoms with Gasteiger partial charge in [0.2, 0.25) is 5.91 Å². The minimum absolute atomic E-state index is 0.0102. The third-order valence-electron chi connectivity index (χ3n) is 7.39. The monoisotopic (exact) mass is 489 g/mol. The van der Waals surface area contributed by atoms with Crippen LogP contribution in [0.2, 0.25) is 0 Å². The van der Waals surface area contributed by atoms with Crippen molar-refractivity contribution in [3.05, 3.63) is 126 Å². The third kappa shape index (κ3) is 5.17. The molecule has 5 rings (SSSR count). The van der Waals surface area contributed by atoms with Gasteiger partial charge in [0.05, 0.1) is 22.7 Å². The largest absolute Gasteiger partial charge is 0.349 e. The topological polar surface area (TPSA) is 62.3 Å². The van der Waals surface area contributed by atoms with Crippen molar-refractivity contribution in [1.29, 1.82) is 0 Å². The molecule has 0 saturated carbocycles. The molecule has 5 heteroatoms. The minimum Gasteiger partial charge on any atom is -0.349 e. The van der Waals surface area contributed by atoms with Crippen LogP contribution in [0.5, 0.6) is 0 Å². The molecule has 1 atom stereocenters. The number of piperidine rings is 1. The highest BCUT2D eigenvalue weighted by atomic mass is 16.2. The van der Waals surface area contributed by atoms with Gasteiger partial charge in [-0.25, -0.2) is 0 Å². The number of aromatic nitrogens is 1. The molecular formula is C32H31N3O2. The van der Waals surface area contributed by atoms with Gasteiger partial charge in [-0.15, -0.1) is 0 Å². The second kappa shape index (κ2) is 10.8. The number of nitrogens with one attached hydrogen (secondary N) is 1. The molecule has 3 aromatic carbocycles. The molecule has 1 fully saturated rings. The summed E-state index contributed by atoms with van der Waals surface area (Å²) in [6, 6.07) is 33.5. The van der Waals surface area contributed by atoms with Crippen LogP contribution in [-0.4, -0.2) is 34.8 Å². The lowest BCUT2D eigenvalue weighted by atomic mass is 9.71. The molecule has 5 nitrogen and oxygen atoms in total. The van der Waals surface area contributed by atoms with Gasteiger partial charge >= 0.3 is 0 Å². The number of carbonyl (C=O) groups is 2. The van der Waals surface area contributed by atoms with E-state index in [4.69, 9.17) is 0 Å². The SMILES string of the molecule is C[C@H](NC(=O)C1(c2ccccc2)CCN(C(=O)c2ccc(-c3ccccc3)nc2)CC1)c1ccccc1. The zero-order chi connectivity index (χ0) is 25.7. The Bertz CT molecular complexity index is 1330. The van der Waals surface area contributed by atoms with E-state index in [1.54, 1.807) is 6.20 Å². The number of hydrogen-bond donors (Lipinski definition) is 1. The first-order valence-corrected chi connectivity index (χ1v) is 12.8. The van der Waals surface area contributed by atoms with Gasteiger partial charge in [-0.2, -0.15) is 0 Å². The van der Waals surface area contributed by atoms with E-state index in [-0.39, 0.29) is 17.9 Å². The number of nitrogens with zero attached hydrogens (tertiary/aromatic N) is 2. The van der Waals surface area contributed by atoms with E-state index < -0.39 is 5.41 Å². The van der Waals surface area contributed by atoms with Crippen molar-refractivity contribution in [3.8, 4) is 11.3 Å². The second-order valence-corrected chi connectivity index (χ2v) is 9.64. The first-order valence-electron chi connectivity index (χ1n) is 12.8. The van der Waals surface area contributed by atoms with E-state index in [0.717, 1.165) is 22.4 Å². The molecule has 1 saturated heterocycles. The molecule has 1 N–H and O–H groups in total. The van der Waals surface area contributed by atoms with Crippen LogP contribution in [0, 0.1) is 0 Å². The molecule has 0 bridgehead atoms. The first kappa shape index (κ1) is 24.4.